The van der Waals surface area contributed by atoms with E-state index in [9.17, 15) is 9.59 Å². The lowest BCUT2D eigenvalue weighted by Crippen LogP contribution is -2.38. The Hall–Kier alpha value is -0.750. The van der Waals surface area contributed by atoms with Crippen molar-refractivity contribution in [1.82, 2.24) is 5.32 Å². The van der Waals surface area contributed by atoms with Crippen molar-refractivity contribution < 1.29 is 19.4 Å². The van der Waals surface area contributed by atoms with E-state index in [1.807, 2.05) is 0 Å². The van der Waals surface area contributed by atoms with Gasteiger partial charge in [0.2, 0.25) is 5.91 Å². The third-order valence-electron chi connectivity index (χ3n) is 1.32. The number of carboxylic acid groups (broad SMARTS) is 1. The molecule has 0 rings (SSSR count). The van der Waals surface area contributed by atoms with Gasteiger partial charge in [0.15, 0.2) is 6.10 Å². The maximum Gasteiger partial charge on any atom is 0.334 e. The average Bonchev–Trinajstić information content (AvgIpc) is 2.05. The first-order valence-electron chi connectivity index (χ1n) is 3.63. The Morgan fingerprint density at radius 3 is 2.62 bits per heavy atom. The van der Waals surface area contributed by atoms with Crippen LogP contribution in [0.15, 0.2) is 0 Å². The molecule has 0 saturated heterocycles. The molecule has 76 valence electrons. The Bertz CT molecular complexity index is 185. The molecule has 0 aromatic carbocycles. The van der Waals surface area contributed by atoms with Gasteiger partial charge in [-0.25, -0.2) is 4.79 Å². The summed E-state index contributed by atoms with van der Waals surface area (Å²) in [5.41, 5.74) is 0. The molecule has 0 heterocycles. The lowest BCUT2D eigenvalue weighted by atomic mass is 10.3. The normalized spacial score (nSPS) is 12.2. The monoisotopic (exact) mass is 207 g/mol. The molecule has 0 aliphatic carbocycles. The van der Waals surface area contributed by atoms with Crippen molar-refractivity contribution in [1.29, 1.82) is 0 Å². The summed E-state index contributed by atoms with van der Waals surface area (Å²) in [6.45, 7) is 0.00519. The maximum absolute atomic E-state index is 10.9. The standard InChI is InChI=1S/C7H13NO4S/c1-12-5(7(10)11)3-8-6(9)4-13-2/h5H,3-4H2,1-2H3,(H,8,9)(H,10,11). The molecule has 5 nitrogen and oxygen atoms in total. The third-order valence-corrected chi connectivity index (χ3v) is 1.87. The molecule has 0 aliphatic rings. The van der Waals surface area contributed by atoms with Crippen molar-refractivity contribution in [2.75, 3.05) is 25.7 Å². The van der Waals surface area contributed by atoms with Gasteiger partial charge in [-0.15, -0.1) is 0 Å². The summed E-state index contributed by atoms with van der Waals surface area (Å²) in [6.07, 6.45) is 0.829. The van der Waals surface area contributed by atoms with Gasteiger partial charge in [-0.3, -0.25) is 4.79 Å². The summed E-state index contributed by atoms with van der Waals surface area (Å²) >= 11 is 1.38. The highest BCUT2D eigenvalue weighted by Gasteiger charge is 2.16. The fraction of sp³-hybridized carbons (Fsp3) is 0.714. The minimum atomic E-state index is -1.08. The number of rotatable bonds is 6. The Kier molecular flexibility index (Phi) is 6.34. The minimum absolute atomic E-state index is 0.00519. The largest absolute Gasteiger partial charge is 0.479 e. The summed E-state index contributed by atoms with van der Waals surface area (Å²) in [7, 11) is 1.29. The topological polar surface area (TPSA) is 75.6 Å². The zero-order valence-electron chi connectivity index (χ0n) is 7.57. The van der Waals surface area contributed by atoms with Crippen LogP contribution in [-0.4, -0.2) is 48.8 Å². The summed E-state index contributed by atoms with van der Waals surface area (Å²) < 4.78 is 4.62. The van der Waals surface area contributed by atoms with Crippen LogP contribution in [0.3, 0.4) is 0 Å². The number of carboxylic acids is 1. The van der Waals surface area contributed by atoms with Crippen LogP contribution >= 0.6 is 11.8 Å². The molecule has 1 unspecified atom stereocenters. The second-order valence-corrected chi connectivity index (χ2v) is 3.17. The molecule has 1 atom stereocenters. The van der Waals surface area contributed by atoms with E-state index >= 15 is 0 Å². The molecular weight excluding hydrogens is 194 g/mol. The highest BCUT2D eigenvalue weighted by molar-refractivity contribution is 7.99. The highest BCUT2D eigenvalue weighted by atomic mass is 32.2. The van der Waals surface area contributed by atoms with Crippen LogP contribution in [0.25, 0.3) is 0 Å². The van der Waals surface area contributed by atoms with Gasteiger partial charge in [-0.2, -0.15) is 11.8 Å². The van der Waals surface area contributed by atoms with Gasteiger partial charge in [0.05, 0.1) is 12.3 Å². The van der Waals surface area contributed by atoms with Crippen LogP contribution in [0.4, 0.5) is 0 Å². The zero-order valence-corrected chi connectivity index (χ0v) is 8.39. The van der Waals surface area contributed by atoms with Crippen molar-refractivity contribution in [2.45, 2.75) is 6.10 Å². The van der Waals surface area contributed by atoms with Gasteiger partial charge in [0.1, 0.15) is 0 Å². The number of hydrogen-bond donors (Lipinski definition) is 2. The van der Waals surface area contributed by atoms with E-state index < -0.39 is 12.1 Å². The molecule has 0 spiro atoms. The first-order chi connectivity index (χ1) is 6.11. The van der Waals surface area contributed by atoms with E-state index in [0.717, 1.165) is 0 Å². The predicted molar refractivity (Wildman–Crippen MR) is 49.8 cm³/mol. The van der Waals surface area contributed by atoms with Gasteiger partial charge in [-0.1, -0.05) is 0 Å². The van der Waals surface area contributed by atoms with Gasteiger partial charge in [0.25, 0.3) is 0 Å². The molecule has 0 fully saturated rings. The van der Waals surface area contributed by atoms with Gasteiger partial charge in [0, 0.05) is 7.11 Å². The predicted octanol–water partition coefficient (Wildman–Crippen LogP) is -0.435. The highest BCUT2D eigenvalue weighted by Crippen LogP contribution is 1.91. The SMILES string of the molecule is COC(CNC(=O)CSC)C(=O)O. The van der Waals surface area contributed by atoms with Crippen molar-refractivity contribution in [3.8, 4) is 0 Å². The molecule has 1 amide bonds. The second-order valence-electron chi connectivity index (χ2n) is 2.30. The Labute approximate surface area is 80.8 Å². The van der Waals surface area contributed by atoms with Crippen LogP contribution in [0.5, 0.6) is 0 Å². The molecule has 13 heavy (non-hydrogen) atoms. The van der Waals surface area contributed by atoms with Crippen LogP contribution in [-0.2, 0) is 14.3 Å². The number of hydrogen-bond acceptors (Lipinski definition) is 4. The van der Waals surface area contributed by atoms with E-state index in [4.69, 9.17) is 5.11 Å². The van der Waals surface area contributed by atoms with E-state index in [1.165, 1.54) is 18.9 Å². The first-order valence-corrected chi connectivity index (χ1v) is 5.02. The van der Waals surface area contributed by atoms with Crippen molar-refractivity contribution in [3.05, 3.63) is 0 Å². The lowest BCUT2D eigenvalue weighted by Gasteiger charge is -2.10. The van der Waals surface area contributed by atoms with Gasteiger partial charge in [-0.05, 0) is 6.26 Å². The van der Waals surface area contributed by atoms with Crippen molar-refractivity contribution >= 4 is 23.6 Å². The second kappa shape index (κ2) is 6.73. The molecule has 0 aliphatic heterocycles. The number of carbonyl (C=O) groups is 2. The summed E-state index contributed by atoms with van der Waals surface area (Å²) in [6, 6.07) is 0. The smallest absolute Gasteiger partial charge is 0.334 e. The summed E-state index contributed by atoms with van der Waals surface area (Å²) in [5.74, 6) is -0.932. The number of ether oxygens (including phenoxy) is 1. The number of methoxy groups -OCH3 is 1. The molecule has 0 saturated carbocycles. The average molecular weight is 207 g/mol. The fourth-order valence-corrected chi connectivity index (χ4v) is 1.02. The lowest BCUT2D eigenvalue weighted by molar-refractivity contribution is -0.148. The maximum atomic E-state index is 10.9. The third kappa shape index (κ3) is 5.48. The Balaban J connectivity index is 3.72. The summed E-state index contributed by atoms with van der Waals surface area (Å²) in [5, 5.41) is 11.0. The van der Waals surface area contributed by atoms with Crippen molar-refractivity contribution in [2.24, 2.45) is 0 Å². The van der Waals surface area contributed by atoms with E-state index in [-0.39, 0.29) is 12.5 Å². The molecule has 2 N–H and O–H groups in total. The van der Waals surface area contributed by atoms with Gasteiger partial charge < -0.3 is 15.2 Å². The Morgan fingerprint density at radius 1 is 1.62 bits per heavy atom. The van der Waals surface area contributed by atoms with E-state index in [0.29, 0.717) is 5.75 Å². The molecule has 0 bridgehead atoms. The molecule has 0 aromatic heterocycles. The van der Waals surface area contributed by atoms with E-state index in [1.54, 1.807) is 6.26 Å². The van der Waals surface area contributed by atoms with Crippen LogP contribution in [0.2, 0.25) is 0 Å². The number of carbonyl (C=O) groups excluding carboxylic acids is 1. The number of aliphatic carboxylic acids is 1. The molecule has 0 aromatic rings. The number of thioether (sulfide) groups is 1. The van der Waals surface area contributed by atoms with Crippen molar-refractivity contribution in [3.63, 3.8) is 0 Å². The Morgan fingerprint density at radius 2 is 2.23 bits per heavy atom. The molecule has 0 radical (unpaired) electrons. The number of amides is 1. The fourth-order valence-electron chi connectivity index (χ4n) is 0.660. The zero-order chi connectivity index (χ0) is 10.3. The first kappa shape index (κ1) is 12.2. The minimum Gasteiger partial charge on any atom is -0.479 e. The quantitative estimate of drug-likeness (QED) is 0.618. The van der Waals surface area contributed by atoms with E-state index in [2.05, 4.69) is 10.1 Å². The number of nitrogens with one attached hydrogen (secondary N) is 1. The van der Waals surface area contributed by atoms with Gasteiger partial charge >= 0.3 is 5.97 Å². The van der Waals surface area contributed by atoms with Crippen LogP contribution in [0, 0.1) is 0 Å². The van der Waals surface area contributed by atoms with Crippen LogP contribution < -0.4 is 5.32 Å². The van der Waals surface area contributed by atoms with Crippen LogP contribution in [0.1, 0.15) is 0 Å². The molecular formula is C7H13NO4S. The summed E-state index contributed by atoms with van der Waals surface area (Å²) in [4.78, 5) is 21.3. The molecule has 6 heteroatoms.